The number of benzene rings is 1. The molecule has 0 aliphatic carbocycles. The first-order valence-corrected chi connectivity index (χ1v) is 5.41. The van der Waals surface area contributed by atoms with E-state index in [9.17, 15) is 4.79 Å². The molecule has 0 saturated carbocycles. The highest BCUT2D eigenvalue weighted by Gasteiger charge is 2.17. The fourth-order valence-corrected chi connectivity index (χ4v) is 1.34. The Morgan fingerprint density at radius 2 is 2.12 bits per heavy atom. The third kappa shape index (κ3) is 3.91. The number of carbonyl (C=O) groups excluding carboxylic acids is 1. The maximum absolute atomic E-state index is 11.7. The summed E-state index contributed by atoms with van der Waals surface area (Å²) in [5.74, 6) is -0.791. The lowest BCUT2D eigenvalue weighted by atomic mass is 10.0. The molecule has 0 fully saturated rings. The molecule has 1 aromatic rings. The zero-order chi connectivity index (χ0) is 12.7. The van der Waals surface area contributed by atoms with Gasteiger partial charge in [0, 0.05) is 5.92 Å². The van der Waals surface area contributed by atoms with Crippen LogP contribution < -0.4 is 0 Å². The second kappa shape index (κ2) is 6.69. The van der Waals surface area contributed by atoms with Crippen molar-refractivity contribution in [3.05, 3.63) is 53.8 Å². The highest BCUT2D eigenvalue weighted by atomic mass is 16.5. The van der Waals surface area contributed by atoms with E-state index in [1.165, 1.54) is 0 Å². The van der Waals surface area contributed by atoms with Crippen LogP contribution in [0.25, 0.3) is 0 Å². The lowest BCUT2D eigenvalue weighted by molar-refractivity contribution is -0.141. The molecule has 0 amide bonds. The Morgan fingerprint density at radius 1 is 1.47 bits per heavy atom. The molecule has 0 radical (unpaired) electrons. The van der Waals surface area contributed by atoms with Crippen molar-refractivity contribution in [1.29, 1.82) is 0 Å². The predicted molar refractivity (Wildman–Crippen MR) is 65.1 cm³/mol. The molecule has 0 aliphatic heterocycles. The van der Waals surface area contributed by atoms with E-state index in [4.69, 9.17) is 9.84 Å². The van der Waals surface area contributed by atoms with Crippen LogP contribution in [0.3, 0.4) is 0 Å². The van der Waals surface area contributed by atoms with Gasteiger partial charge in [-0.1, -0.05) is 43.8 Å². The van der Waals surface area contributed by atoms with Crippen LogP contribution in [0.5, 0.6) is 0 Å². The van der Waals surface area contributed by atoms with E-state index in [1.54, 1.807) is 6.92 Å². The lowest BCUT2D eigenvalue weighted by Gasteiger charge is -2.10. The fraction of sp³-hybridized carbons (Fsp3) is 0.286. The normalized spacial score (nSPS) is 11.4. The zero-order valence-electron chi connectivity index (χ0n) is 9.85. The summed E-state index contributed by atoms with van der Waals surface area (Å²) in [5.41, 5.74) is 3.72. The SMILES string of the molecule is C=C=C(C(=O)OCc1ccccc1)[C@@H](C)CO. The van der Waals surface area contributed by atoms with E-state index in [0.29, 0.717) is 0 Å². The monoisotopic (exact) mass is 232 g/mol. The van der Waals surface area contributed by atoms with Crippen LogP contribution in [-0.4, -0.2) is 17.7 Å². The fourth-order valence-electron chi connectivity index (χ4n) is 1.34. The average Bonchev–Trinajstić information content (AvgIpc) is 2.38. The molecule has 0 heterocycles. The van der Waals surface area contributed by atoms with Crippen molar-refractivity contribution in [3.63, 3.8) is 0 Å². The van der Waals surface area contributed by atoms with E-state index < -0.39 is 5.97 Å². The van der Waals surface area contributed by atoms with Gasteiger partial charge >= 0.3 is 5.97 Å². The Labute approximate surface area is 101 Å². The van der Waals surface area contributed by atoms with Crippen LogP contribution in [0.4, 0.5) is 0 Å². The summed E-state index contributed by atoms with van der Waals surface area (Å²) in [6.45, 7) is 5.24. The summed E-state index contributed by atoms with van der Waals surface area (Å²) in [6.07, 6.45) is 0. The Balaban J connectivity index is 2.58. The third-order valence-corrected chi connectivity index (χ3v) is 2.39. The summed E-state index contributed by atoms with van der Waals surface area (Å²) in [5, 5.41) is 8.97. The number of aliphatic hydroxyl groups is 1. The maximum atomic E-state index is 11.7. The van der Waals surface area contributed by atoms with Crippen molar-refractivity contribution in [2.45, 2.75) is 13.5 Å². The summed E-state index contributed by atoms with van der Waals surface area (Å²) in [4.78, 5) is 11.7. The van der Waals surface area contributed by atoms with Crippen molar-refractivity contribution in [3.8, 4) is 0 Å². The lowest BCUT2D eigenvalue weighted by Crippen LogP contribution is -2.15. The maximum Gasteiger partial charge on any atom is 0.342 e. The van der Waals surface area contributed by atoms with Gasteiger partial charge in [-0.15, -0.1) is 5.73 Å². The minimum Gasteiger partial charge on any atom is -0.457 e. The molecular formula is C14H16O3. The molecular weight excluding hydrogens is 216 g/mol. The first-order valence-electron chi connectivity index (χ1n) is 5.41. The van der Waals surface area contributed by atoms with Crippen molar-refractivity contribution >= 4 is 5.97 Å². The molecule has 1 atom stereocenters. The van der Waals surface area contributed by atoms with Crippen molar-refractivity contribution in [2.75, 3.05) is 6.61 Å². The molecule has 0 spiro atoms. The molecule has 1 aromatic carbocycles. The predicted octanol–water partition coefficient (Wildman–Crippen LogP) is 2.07. The third-order valence-electron chi connectivity index (χ3n) is 2.39. The molecule has 3 nitrogen and oxygen atoms in total. The smallest absolute Gasteiger partial charge is 0.342 e. The van der Waals surface area contributed by atoms with Crippen LogP contribution in [0.15, 0.2) is 48.2 Å². The van der Waals surface area contributed by atoms with Gasteiger partial charge in [0.05, 0.1) is 12.2 Å². The van der Waals surface area contributed by atoms with Crippen molar-refractivity contribution < 1.29 is 14.6 Å². The van der Waals surface area contributed by atoms with Gasteiger partial charge in [0.1, 0.15) is 6.61 Å². The van der Waals surface area contributed by atoms with Gasteiger partial charge in [-0.25, -0.2) is 4.79 Å². The topological polar surface area (TPSA) is 46.5 Å². The number of hydrogen-bond acceptors (Lipinski definition) is 3. The summed E-state index contributed by atoms with van der Waals surface area (Å²) in [7, 11) is 0. The molecule has 17 heavy (non-hydrogen) atoms. The van der Waals surface area contributed by atoms with Gasteiger partial charge in [0.25, 0.3) is 0 Å². The van der Waals surface area contributed by atoms with Crippen molar-refractivity contribution in [1.82, 2.24) is 0 Å². The van der Waals surface area contributed by atoms with E-state index in [1.807, 2.05) is 30.3 Å². The van der Waals surface area contributed by atoms with Gasteiger partial charge in [-0.2, -0.15) is 0 Å². The van der Waals surface area contributed by atoms with Crippen molar-refractivity contribution in [2.24, 2.45) is 5.92 Å². The first kappa shape index (κ1) is 13.2. The van der Waals surface area contributed by atoms with E-state index in [2.05, 4.69) is 12.3 Å². The highest BCUT2D eigenvalue weighted by molar-refractivity contribution is 5.88. The minimum absolute atomic E-state index is 0.127. The first-order chi connectivity index (χ1) is 8.19. The number of carbonyl (C=O) groups is 1. The second-order valence-electron chi connectivity index (χ2n) is 3.74. The van der Waals surface area contributed by atoms with Crippen LogP contribution in [-0.2, 0) is 16.1 Å². The quantitative estimate of drug-likeness (QED) is 0.480. The number of rotatable bonds is 5. The molecule has 1 rings (SSSR count). The van der Waals surface area contributed by atoms with Crippen LogP contribution in [0.2, 0.25) is 0 Å². The molecule has 0 unspecified atom stereocenters. The van der Waals surface area contributed by atoms with Gasteiger partial charge in [0.2, 0.25) is 0 Å². The molecule has 0 aliphatic rings. The molecule has 0 bridgehead atoms. The van der Waals surface area contributed by atoms with Crippen LogP contribution in [0.1, 0.15) is 12.5 Å². The zero-order valence-corrected chi connectivity index (χ0v) is 9.85. The van der Waals surface area contributed by atoms with E-state index in [-0.39, 0.29) is 24.7 Å². The molecule has 0 aromatic heterocycles. The molecule has 3 heteroatoms. The van der Waals surface area contributed by atoms with Gasteiger partial charge < -0.3 is 9.84 Å². The Morgan fingerprint density at radius 3 is 2.65 bits per heavy atom. The van der Waals surface area contributed by atoms with Gasteiger partial charge in [-0.05, 0) is 5.56 Å². The Hall–Kier alpha value is -1.83. The van der Waals surface area contributed by atoms with Crippen LogP contribution >= 0.6 is 0 Å². The largest absolute Gasteiger partial charge is 0.457 e. The standard InChI is InChI=1S/C14H16O3/c1-3-13(11(2)9-15)14(16)17-10-12-7-5-4-6-8-12/h4-8,11,15H,1,9-10H2,2H3/t11-/m0/s1. The number of aliphatic hydroxyl groups excluding tert-OH is 1. The average molecular weight is 232 g/mol. The summed E-state index contributed by atoms with van der Waals surface area (Å²) in [6, 6.07) is 9.40. The highest BCUT2D eigenvalue weighted by Crippen LogP contribution is 2.11. The summed E-state index contributed by atoms with van der Waals surface area (Å²) >= 11 is 0. The Bertz CT molecular complexity index is 416. The van der Waals surface area contributed by atoms with E-state index in [0.717, 1.165) is 5.56 Å². The second-order valence-corrected chi connectivity index (χ2v) is 3.74. The number of hydrogen-bond donors (Lipinski definition) is 1. The number of esters is 1. The van der Waals surface area contributed by atoms with Crippen LogP contribution in [0, 0.1) is 5.92 Å². The Kier molecular flexibility index (Phi) is 5.21. The number of ether oxygens (including phenoxy) is 1. The minimum atomic E-state index is -0.481. The van der Waals surface area contributed by atoms with E-state index >= 15 is 0 Å². The van der Waals surface area contributed by atoms with Gasteiger partial charge in [-0.3, -0.25) is 0 Å². The molecule has 0 saturated heterocycles. The molecule has 1 N–H and O–H groups in total. The van der Waals surface area contributed by atoms with Gasteiger partial charge in [0.15, 0.2) is 0 Å². The molecule has 90 valence electrons. The summed E-state index contributed by atoms with van der Waals surface area (Å²) < 4.78 is 5.11.